The monoisotopic (exact) mass is 437 g/mol. The lowest BCUT2D eigenvalue weighted by Gasteiger charge is -2.33. The highest BCUT2D eigenvalue weighted by Gasteiger charge is 2.27. The van der Waals surface area contributed by atoms with Gasteiger partial charge >= 0.3 is 0 Å². The molecular formula is C23H27N5O4. The molecule has 2 amide bonds. The molecule has 1 aliphatic heterocycles. The fourth-order valence-corrected chi connectivity index (χ4v) is 4.11. The number of benzene rings is 1. The molecule has 1 aromatic carbocycles. The summed E-state index contributed by atoms with van der Waals surface area (Å²) in [4.78, 5) is 32.1. The van der Waals surface area contributed by atoms with Gasteiger partial charge in [0.2, 0.25) is 5.91 Å². The minimum Gasteiger partial charge on any atom is -0.497 e. The first-order valence-corrected chi connectivity index (χ1v) is 10.7. The van der Waals surface area contributed by atoms with E-state index in [4.69, 9.17) is 4.74 Å². The van der Waals surface area contributed by atoms with Crippen LogP contribution in [0.4, 0.5) is 0 Å². The zero-order valence-corrected chi connectivity index (χ0v) is 18.6. The second kappa shape index (κ2) is 9.33. The van der Waals surface area contributed by atoms with E-state index in [0.717, 1.165) is 29.5 Å². The van der Waals surface area contributed by atoms with Crippen LogP contribution in [0, 0.1) is 19.8 Å². The Kier molecular flexibility index (Phi) is 6.34. The van der Waals surface area contributed by atoms with Gasteiger partial charge in [0.25, 0.3) is 5.91 Å². The molecule has 1 aliphatic rings. The van der Waals surface area contributed by atoms with Crippen LogP contribution in [0.15, 0.2) is 28.9 Å². The first kappa shape index (κ1) is 21.7. The number of carbonyl (C=O) groups excluding carboxylic acids is 2. The van der Waals surface area contributed by atoms with Crippen LogP contribution in [-0.2, 0) is 11.3 Å². The largest absolute Gasteiger partial charge is 0.497 e. The van der Waals surface area contributed by atoms with Crippen LogP contribution >= 0.6 is 0 Å². The molecule has 0 saturated carbocycles. The van der Waals surface area contributed by atoms with Gasteiger partial charge < -0.3 is 15.0 Å². The molecule has 1 atom stereocenters. The van der Waals surface area contributed by atoms with Crippen molar-refractivity contribution in [2.24, 2.45) is 5.92 Å². The summed E-state index contributed by atoms with van der Waals surface area (Å²) in [5, 5.41) is 11.2. The second-order valence-corrected chi connectivity index (χ2v) is 8.22. The number of nitrogens with one attached hydrogen (secondary N) is 1. The Morgan fingerprint density at radius 2 is 2.06 bits per heavy atom. The maximum absolute atomic E-state index is 13.3. The summed E-state index contributed by atoms with van der Waals surface area (Å²) >= 11 is 0. The summed E-state index contributed by atoms with van der Waals surface area (Å²) in [7, 11) is 1.61. The number of hydrogen-bond acceptors (Lipinski definition) is 7. The molecule has 3 aromatic rings. The van der Waals surface area contributed by atoms with Crippen molar-refractivity contribution in [1.82, 2.24) is 25.5 Å². The van der Waals surface area contributed by atoms with Gasteiger partial charge in [-0.15, -0.1) is 0 Å². The highest BCUT2D eigenvalue weighted by Crippen LogP contribution is 2.25. The standard InChI is InChI=1S/C23H27N5O4/c1-14-19(11-17-10-18(31-3)6-7-20(17)25-14)23(30)28-8-4-5-16(13-28)9-22(29)24-12-21-15(2)26-32-27-21/h6-7,10-11,16H,4-5,8-9,12-13H2,1-3H3,(H,24,29)/t16-/m1/s1. The van der Waals surface area contributed by atoms with Crippen molar-refractivity contribution in [3.05, 3.63) is 46.9 Å². The lowest BCUT2D eigenvalue weighted by Crippen LogP contribution is -2.41. The number of ether oxygens (including phenoxy) is 1. The van der Waals surface area contributed by atoms with Crippen molar-refractivity contribution < 1.29 is 19.0 Å². The molecule has 0 radical (unpaired) electrons. The van der Waals surface area contributed by atoms with E-state index >= 15 is 0 Å². The lowest BCUT2D eigenvalue weighted by molar-refractivity contribution is -0.122. The van der Waals surface area contributed by atoms with Crippen molar-refractivity contribution in [2.75, 3.05) is 20.2 Å². The third kappa shape index (κ3) is 4.71. The average Bonchev–Trinajstić information content (AvgIpc) is 3.21. The van der Waals surface area contributed by atoms with Gasteiger partial charge in [-0.3, -0.25) is 14.6 Å². The molecule has 168 valence electrons. The molecule has 0 aliphatic carbocycles. The lowest BCUT2D eigenvalue weighted by atomic mass is 9.93. The molecule has 0 unspecified atom stereocenters. The summed E-state index contributed by atoms with van der Waals surface area (Å²) < 4.78 is 9.95. The van der Waals surface area contributed by atoms with Gasteiger partial charge in [0.1, 0.15) is 17.1 Å². The van der Waals surface area contributed by atoms with Gasteiger partial charge in [0.05, 0.1) is 30.4 Å². The summed E-state index contributed by atoms with van der Waals surface area (Å²) in [6.45, 7) is 5.15. The minimum absolute atomic E-state index is 0.0471. The zero-order valence-electron chi connectivity index (χ0n) is 18.6. The van der Waals surface area contributed by atoms with Crippen LogP contribution in [0.25, 0.3) is 10.9 Å². The number of aromatic nitrogens is 3. The molecule has 2 aromatic heterocycles. The first-order valence-electron chi connectivity index (χ1n) is 10.7. The molecule has 9 nitrogen and oxygen atoms in total. The number of piperidine rings is 1. The van der Waals surface area contributed by atoms with Crippen LogP contribution in [0.5, 0.6) is 5.75 Å². The van der Waals surface area contributed by atoms with E-state index in [-0.39, 0.29) is 24.3 Å². The minimum atomic E-state index is -0.0673. The summed E-state index contributed by atoms with van der Waals surface area (Å²) in [6.07, 6.45) is 2.14. The Morgan fingerprint density at radius 1 is 1.22 bits per heavy atom. The van der Waals surface area contributed by atoms with Gasteiger partial charge in [-0.2, -0.15) is 0 Å². The number of aryl methyl sites for hydroxylation is 2. The predicted molar refractivity (Wildman–Crippen MR) is 117 cm³/mol. The van der Waals surface area contributed by atoms with E-state index in [1.54, 1.807) is 14.0 Å². The zero-order chi connectivity index (χ0) is 22.7. The quantitative estimate of drug-likeness (QED) is 0.631. The predicted octanol–water partition coefficient (Wildman–Crippen LogP) is 2.80. The third-order valence-electron chi connectivity index (χ3n) is 5.92. The molecule has 0 spiro atoms. The topological polar surface area (TPSA) is 110 Å². The van der Waals surface area contributed by atoms with Gasteiger partial charge in [-0.05, 0) is 56.9 Å². The van der Waals surface area contributed by atoms with Crippen LogP contribution < -0.4 is 10.1 Å². The third-order valence-corrected chi connectivity index (χ3v) is 5.92. The maximum atomic E-state index is 13.3. The Hall–Kier alpha value is -3.49. The number of hydrogen-bond donors (Lipinski definition) is 1. The van der Waals surface area contributed by atoms with E-state index in [2.05, 4.69) is 25.2 Å². The van der Waals surface area contributed by atoms with Crippen molar-refractivity contribution in [3.8, 4) is 5.75 Å². The molecule has 1 fully saturated rings. The average molecular weight is 438 g/mol. The molecule has 32 heavy (non-hydrogen) atoms. The molecule has 1 saturated heterocycles. The van der Waals surface area contributed by atoms with Gasteiger partial charge in [0, 0.05) is 24.9 Å². The van der Waals surface area contributed by atoms with Crippen LogP contribution in [-0.4, -0.2) is 52.2 Å². The normalized spacial score (nSPS) is 16.2. The summed E-state index contributed by atoms with van der Waals surface area (Å²) in [6, 6.07) is 7.51. The summed E-state index contributed by atoms with van der Waals surface area (Å²) in [5.74, 6) is 0.719. The Bertz CT molecular complexity index is 1140. The van der Waals surface area contributed by atoms with Crippen molar-refractivity contribution in [3.63, 3.8) is 0 Å². The van der Waals surface area contributed by atoms with E-state index in [0.29, 0.717) is 42.2 Å². The van der Waals surface area contributed by atoms with E-state index in [1.807, 2.05) is 36.1 Å². The highest BCUT2D eigenvalue weighted by atomic mass is 16.6. The van der Waals surface area contributed by atoms with Crippen molar-refractivity contribution >= 4 is 22.7 Å². The number of carbonyl (C=O) groups is 2. The molecule has 9 heteroatoms. The molecule has 1 N–H and O–H groups in total. The molecule has 3 heterocycles. The van der Waals surface area contributed by atoms with Crippen LogP contribution in [0.1, 0.15) is 46.7 Å². The van der Waals surface area contributed by atoms with E-state index < -0.39 is 0 Å². The fourth-order valence-electron chi connectivity index (χ4n) is 4.11. The van der Waals surface area contributed by atoms with Gasteiger partial charge in [-0.25, -0.2) is 4.63 Å². The SMILES string of the molecule is COc1ccc2nc(C)c(C(=O)N3CCC[C@H](CC(=O)NCc4nonc4C)C3)cc2c1. The number of amides is 2. The Labute approximate surface area is 186 Å². The van der Waals surface area contributed by atoms with Gasteiger partial charge in [-0.1, -0.05) is 10.3 Å². The molecule has 4 rings (SSSR count). The smallest absolute Gasteiger partial charge is 0.255 e. The number of nitrogens with zero attached hydrogens (tertiary/aromatic N) is 4. The summed E-state index contributed by atoms with van der Waals surface area (Å²) in [5.41, 5.74) is 3.39. The van der Waals surface area contributed by atoms with Crippen LogP contribution in [0.3, 0.4) is 0 Å². The Balaban J connectivity index is 1.41. The van der Waals surface area contributed by atoms with E-state index in [9.17, 15) is 9.59 Å². The number of methoxy groups -OCH3 is 1. The number of rotatable bonds is 6. The van der Waals surface area contributed by atoms with Crippen molar-refractivity contribution in [2.45, 2.75) is 39.7 Å². The molecule has 0 bridgehead atoms. The fraction of sp³-hybridized carbons (Fsp3) is 0.435. The molecular weight excluding hydrogens is 410 g/mol. The number of likely N-dealkylation sites (tertiary alicyclic amines) is 1. The maximum Gasteiger partial charge on any atom is 0.255 e. The number of fused-ring (bicyclic) bond motifs is 1. The second-order valence-electron chi connectivity index (χ2n) is 8.22. The highest BCUT2D eigenvalue weighted by molar-refractivity contribution is 5.99. The van der Waals surface area contributed by atoms with E-state index in [1.165, 1.54) is 0 Å². The van der Waals surface area contributed by atoms with Gasteiger partial charge in [0.15, 0.2) is 0 Å². The number of pyridine rings is 1. The van der Waals surface area contributed by atoms with Crippen molar-refractivity contribution in [1.29, 1.82) is 0 Å². The van der Waals surface area contributed by atoms with Crippen LogP contribution in [0.2, 0.25) is 0 Å². The Morgan fingerprint density at radius 3 is 2.81 bits per heavy atom. The first-order chi connectivity index (χ1) is 15.4.